The van der Waals surface area contributed by atoms with Gasteiger partial charge in [0.25, 0.3) is 0 Å². The second-order valence-corrected chi connectivity index (χ2v) is 8.52. The summed E-state index contributed by atoms with van der Waals surface area (Å²) in [7, 11) is -0.603. The van der Waals surface area contributed by atoms with Crippen molar-refractivity contribution in [3.8, 4) is 11.4 Å². The standard InChI is InChI=1S/C21H25BFN5O3/c1-13(16-11-15(23)6-7-17(16)28-26-8-9-27-28)29-18-10-14(12-25-19(18)24)22-30-20(2,3)21(4,5)31-22/h6-13H,1-5H3,(H2,24,25). The Morgan fingerprint density at radius 2 is 1.74 bits per heavy atom. The molecule has 4 rings (SSSR count). The summed E-state index contributed by atoms with van der Waals surface area (Å²) in [6.45, 7) is 9.71. The molecule has 1 aromatic carbocycles. The zero-order valence-electron chi connectivity index (χ0n) is 18.2. The lowest BCUT2D eigenvalue weighted by Gasteiger charge is -2.32. The molecule has 10 heteroatoms. The minimum Gasteiger partial charge on any atom is -0.482 e. The van der Waals surface area contributed by atoms with Crippen LogP contribution in [-0.2, 0) is 9.31 Å². The van der Waals surface area contributed by atoms with Gasteiger partial charge in [-0.3, -0.25) is 0 Å². The van der Waals surface area contributed by atoms with Gasteiger partial charge in [-0.25, -0.2) is 9.37 Å². The highest BCUT2D eigenvalue weighted by Crippen LogP contribution is 2.37. The molecule has 1 saturated heterocycles. The molecular weight excluding hydrogens is 400 g/mol. The molecule has 2 aromatic heterocycles. The highest BCUT2D eigenvalue weighted by molar-refractivity contribution is 6.62. The molecule has 3 aromatic rings. The monoisotopic (exact) mass is 425 g/mol. The number of halogens is 1. The molecule has 31 heavy (non-hydrogen) atoms. The van der Waals surface area contributed by atoms with Gasteiger partial charge in [0.15, 0.2) is 11.6 Å². The van der Waals surface area contributed by atoms with Gasteiger partial charge in [0.1, 0.15) is 11.9 Å². The lowest BCUT2D eigenvalue weighted by atomic mass is 9.80. The minimum atomic E-state index is -0.603. The van der Waals surface area contributed by atoms with Crippen molar-refractivity contribution in [2.24, 2.45) is 0 Å². The number of aromatic nitrogens is 4. The number of nitrogens with zero attached hydrogens (tertiary/aromatic N) is 4. The van der Waals surface area contributed by atoms with Crippen molar-refractivity contribution in [1.82, 2.24) is 20.0 Å². The first-order valence-corrected chi connectivity index (χ1v) is 10.0. The Labute approximate surface area is 180 Å². The predicted molar refractivity (Wildman–Crippen MR) is 115 cm³/mol. The smallest absolute Gasteiger partial charge is 0.482 e. The fourth-order valence-electron chi connectivity index (χ4n) is 3.30. The number of hydrogen-bond acceptors (Lipinski definition) is 7. The van der Waals surface area contributed by atoms with Crippen LogP contribution in [0.5, 0.6) is 5.75 Å². The van der Waals surface area contributed by atoms with E-state index in [1.807, 2.05) is 27.7 Å². The van der Waals surface area contributed by atoms with Gasteiger partial charge in [-0.2, -0.15) is 15.0 Å². The highest BCUT2D eigenvalue weighted by Gasteiger charge is 2.52. The van der Waals surface area contributed by atoms with E-state index < -0.39 is 30.2 Å². The van der Waals surface area contributed by atoms with E-state index in [4.69, 9.17) is 19.8 Å². The Balaban J connectivity index is 1.62. The molecule has 162 valence electrons. The molecule has 0 amide bonds. The van der Waals surface area contributed by atoms with E-state index in [1.165, 1.54) is 16.9 Å². The molecular formula is C21H25BFN5O3. The van der Waals surface area contributed by atoms with Crippen molar-refractivity contribution in [2.75, 3.05) is 5.73 Å². The molecule has 1 aliphatic rings. The van der Waals surface area contributed by atoms with Gasteiger partial charge in [0, 0.05) is 17.2 Å². The van der Waals surface area contributed by atoms with Crippen LogP contribution in [0.2, 0.25) is 0 Å². The van der Waals surface area contributed by atoms with E-state index in [0.717, 1.165) is 0 Å². The van der Waals surface area contributed by atoms with Crippen LogP contribution in [-0.4, -0.2) is 38.3 Å². The predicted octanol–water partition coefficient (Wildman–Crippen LogP) is 2.82. The number of pyridine rings is 1. The Morgan fingerprint density at radius 1 is 1.10 bits per heavy atom. The molecule has 1 aliphatic heterocycles. The first-order valence-electron chi connectivity index (χ1n) is 10.0. The molecule has 8 nitrogen and oxygen atoms in total. The Morgan fingerprint density at radius 3 is 2.39 bits per heavy atom. The third-order valence-electron chi connectivity index (χ3n) is 5.79. The maximum atomic E-state index is 14.0. The molecule has 3 heterocycles. The first-order chi connectivity index (χ1) is 14.6. The fourth-order valence-corrected chi connectivity index (χ4v) is 3.30. The van der Waals surface area contributed by atoms with Crippen LogP contribution in [0.25, 0.3) is 5.69 Å². The maximum Gasteiger partial charge on any atom is 0.496 e. The topological polar surface area (TPSA) is 97.3 Å². The van der Waals surface area contributed by atoms with Crippen LogP contribution < -0.4 is 15.9 Å². The van der Waals surface area contributed by atoms with Crippen molar-refractivity contribution in [2.45, 2.75) is 51.9 Å². The van der Waals surface area contributed by atoms with Crippen LogP contribution in [0, 0.1) is 5.82 Å². The average Bonchev–Trinajstić information content (AvgIpc) is 3.29. The van der Waals surface area contributed by atoms with E-state index in [2.05, 4.69) is 15.2 Å². The summed E-state index contributed by atoms with van der Waals surface area (Å²) in [6, 6.07) is 6.09. The summed E-state index contributed by atoms with van der Waals surface area (Å²) in [5.41, 5.74) is 6.94. The van der Waals surface area contributed by atoms with Crippen LogP contribution in [0.3, 0.4) is 0 Å². The molecule has 1 atom stereocenters. The Hall–Kier alpha value is -2.98. The number of ether oxygens (including phenoxy) is 1. The number of benzene rings is 1. The molecule has 1 unspecified atom stereocenters. The van der Waals surface area contributed by atoms with E-state index in [9.17, 15) is 4.39 Å². The zero-order chi connectivity index (χ0) is 22.4. The number of hydrogen-bond donors (Lipinski definition) is 1. The van der Waals surface area contributed by atoms with Gasteiger partial charge in [-0.1, -0.05) is 0 Å². The molecule has 0 aliphatic carbocycles. The summed E-state index contributed by atoms with van der Waals surface area (Å²) < 4.78 is 32.3. The van der Waals surface area contributed by atoms with Gasteiger partial charge in [-0.15, -0.1) is 0 Å². The Kier molecular flexibility index (Phi) is 5.22. The van der Waals surface area contributed by atoms with Crippen molar-refractivity contribution in [3.05, 3.63) is 54.2 Å². The summed E-state index contributed by atoms with van der Waals surface area (Å²) in [6.07, 6.45) is 4.15. The lowest BCUT2D eigenvalue weighted by Crippen LogP contribution is -2.41. The molecule has 0 radical (unpaired) electrons. The number of nitrogen functional groups attached to an aromatic ring is 1. The Bertz CT molecular complexity index is 1070. The van der Waals surface area contributed by atoms with Crippen molar-refractivity contribution in [1.29, 1.82) is 0 Å². The fraction of sp³-hybridized carbons (Fsp3) is 0.381. The maximum absolute atomic E-state index is 14.0. The number of rotatable bonds is 5. The lowest BCUT2D eigenvalue weighted by molar-refractivity contribution is 0.00578. The summed E-state index contributed by atoms with van der Waals surface area (Å²) in [5, 5.41) is 8.27. The van der Waals surface area contributed by atoms with Gasteiger partial charge < -0.3 is 19.8 Å². The van der Waals surface area contributed by atoms with Crippen LogP contribution >= 0.6 is 0 Å². The van der Waals surface area contributed by atoms with E-state index in [-0.39, 0.29) is 5.82 Å². The highest BCUT2D eigenvalue weighted by atomic mass is 19.1. The quantitative estimate of drug-likeness (QED) is 0.628. The summed E-state index contributed by atoms with van der Waals surface area (Å²) in [4.78, 5) is 5.66. The van der Waals surface area contributed by atoms with Gasteiger partial charge in [0.2, 0.25) is 0 Å². The van der Waals surface area contributed by atoms with Crippen LogP contribution in [0.1, 0.15) is 46.3 Å². The SMILES string of the molecule is CC(Oc1cc(B2OC(C)(C)C(C)(C)O2)cnc1N)c1cc(F)ccc1-n1nccn1. The minimum absolute atomic E-state index is 0.210. The molecule has 1 fully saturated rings. The van der Waals surface area contributed by atoms with Gasteiger partial charge >= 0.3 is 7.12 Å². The zero-order valence-corrected chi connectivity index (χ0v) is 18.2. The van der Waals surface area contributed by atoms with Crippen LogP contribution in [0.15, 0.2) is 42.9 Å². The normalized spacial score (nSPS) is 18.2. The van der Waals surface area contributed by atoms with Gasteiger partial charge in [-0.05, 0) is 58.9 Å². The van der Waals surface area contributed by atoms with E-state index in [0.29, 0.717) is 22.5 Å². The third-order valence-corrected chi connectivity index (χ3v) is 5.79. The molecule has 2 N–H and O–H groups in total. The molecule has 0 bridgehead atoms. The van der Waals surface area contributed by atoms with Crippen molar-refractivity contribution < 1.29 is 18.4 Å². The largest absolute Gasteiger partial charge is 0.496 e. The van der Waals surface area contributed by atoms with Crippen molar-refractivity contribution in [3.63, 3.8) is 0 Å². The van der Waals surface area contributed by atoms with Gasteiger partial charge in [0.05, 0.1) is 29.3 Å². The molecule has 0 spiro atoms. The average molecular weight is 425 g/mol. The second kappa shape index (κ2) is 7.62. The number of nitrogens with two attached hydrogens (primary N) is 1. The summed E-state index contributed by atoms with van der Waals surface area (Å²) >= 11 is 0. The van der Waals surface area contributed by atoms with E-state index >= 15 is 0 Å². The third kappa shape index (κ3) is 4.00. The second-order valence-electron chi connectivity index (χ2n) is 8.52. The first kappa shape index (κ1) is 21.3. The molecule has 0 saturated carbocycles. The van der Waals surface area contributed by atoms with Crippen LogP contribution in [0.4, 0.5) is 10.2 Å². The summed E-state index contributed by atoms with van der Waals surface area (Å²) in [5.74, 6) is 0.170. The number of anilines is 1. The van der Waals surface area contributed by atoms with Crippen molar-refractivity contribution >= 4 is 18.4 Å². The van der Waals surface area contributed by atoms with E-state index in [1.54, 1.807) is 37.6 Å².